The number of amides is 1. The van der Waals surface area contributed by atoms with E-state index in [2.05, 4.69) is 5.32 Å². The quantitative estimate of drug-likeness (QED) is 0.801. The second-order valence-electron chi connectivity index (χ2n) is 4.86. The minimum atomic E-state index is -1.02. The van der Waals surface area contributed by atoms with Gasteiger partial charge >= 0.3 is 5.97 Å². The summed E-state index contributed by atoms with van der Waals surface area (Å²) in [7, 11) is 0. The summed E-state index contributed by atoms with van der Waals surface area (Å²) in [6.07, 6.45) is 1.10. The van der Waals surface area contributed by atoms with Gasteiger partial charge in [0.1, 0.15) is 11.8 Å². The zero-order chi connectivity index (χ0) is 15.1. The van der Waals surface area contributed by atoms with E-state index >= 15 is 0 Å². The lowest BCUT2D eigenvalue weighted by molar-refractivity contribution is -0.142. The Morgan fingerprint density at radius 3 is 2.35 bits per heavy atom. The third kappa shape index (κ3) is 5.30. The van der Waals surface area contributed by atoms with Gasteiger partial charge in [-0.2, -0.15) is 0 Å². The third-order valence-electron chi connectivity index (χ3n) is 2.78. The maximum absolute atomic E-state index is 11.7. The predicted octanol–water partition coefficient (Wildman–Crippen LogP) is 2.05. The van der Waals surface area contributed by atoms with Gasteiger partial charge in [-0.3, -0.25) is 4.79 Å². The molecule has 0 spiro atoms. The minimum Gasteiger partial charge on any atom is -0.484 e. The van der Waals surface area contributed by atoms with E-state index in [9.17, 15) is 9.59 Å². The molecule has 0 aliphatic rings. The molecule has 1 aromatic rings. The number of carbonyl (C=O) groups is 2. The van der Waals surface area contributed by atoms with Gasteiger partial charge in [0.25, 0.3) is 5.91 Å². The fourth-order valence-electron chi connectivity index (χ4n) is 1.95. The Hall–Kier alpha value is -2.04. The van der Waals surface area contributed by atoms with Gasteiger partial charge in [0, 0.05) is 0 Å². The lowest BCUT2D eigenvalue weighted by atomic mass is 10.1. The summed E-state index contributed by atoms with van der Waals surface area (Å²) in [5, 5.41) is 11.4. The number of carbonyl (C=O) groups excluding carboxylic acids is 1. The van der Waals surface area contributed by atoms with Gasteiger partial charge in [-0.25, -0.2) is 4.79 Å². The first kappa shape index (κ1) is 16.0. The van der Waals surface area contributed by atoms with Crippen molar-refractivity contribution in [2.75, 3.05) is 6.61 Å². The van der Waals surface area contributed by atoms with Crippen molar-refractivity contribution in [1.29, 1.82) is 0 Å². The van der Waals surface area contributed by atoms with E-state index in [4.69, 9.17) is 9.84 Å². The number of carboxylic acids is 1. The summed E-state index contributed by atoms with van der Waals surface area (Å²) in [5.41, 5.74) is 2.10. The van der Waals surface area contributed by atoms with E-state index in [1.807, 2.05) is 39.0 Å². The second kappa shape index (κ2) is 7.53. The van der Waals surface area contributed by atoms with Crippen LogP contribution in [0.4, 0.5) is 0 Å². The fraction of sp³-hybridized carbons (Fsp3) is 0.467. The normalized spacial score (nSPS) is 11.8. The maximum atomic E-state index is 11.7. The number of aryl methyl sites for hydroxylation is 2. The van der Waals surface area contributed by atoms with Gasteiger partial charge in [-0.15, -0.1) is 0 Å². The van der Waals surface area contributed by atoms with Crippen molar-refractivity contribution in [2.24, 2.45) is 0 Å². The number of carboxylic acid groups (broad SMARTS) is 1. The Kier molecular flexibility index (Phi) is 6.03. The van der Waals surface area contributed by atoms with E-state index in [1.54, 1.807) is 0 Å². The number of aliphatic carboxylic acids is 1. The molecule has 1 atom stereocenters. The number of benzene rings is 1. The largest absolute Gasteiger partial charge is 0.484 e. The van der Waals surface area contributed by atoms with Gasteiger partial charge in [0.15, 0.2) is 6.61 Å². The molecule has 0 unspecified atom stereocenters. The van der Waals surface area contributed by atoms with Crippen molar-refractivity contribution in [2.45, 2.75) is 39.7 Å². The van der Waals surface area contributed by atoms with Crippen molar-refractivity contribution in [3.05, 3.63) is 29.3 Å². The molecule has 0 saturated heterocycles. The van der Waals surface area contributed by atoms with Gasteiger partial charge in [-0.1, -0.05) is 19.4 Å². The topological polar surface area (TPSA) is 75.6 Å². The van der Waals surface area contributed by atoms with Crippen LogP contribution in [0.15, 0.2) is 18.2 Å². The Balaban J connectivity index is 2.52. The molecule has 110 valence electrons. The van der Waals surface area contributed by atoms with Crippen molar-refractivity contribution in [1.82, 2.24) is 5.32 Å². The molecule has 20 heavy (non-hydrogen) atoms. The highest BCUT2D eigenvalue weighted by molar-refractivity contribution is 5.84. The smallest absolute Gasteiger partial charge is 0.326 e. The molecule has 5 heteroatoms. The molecule has 0 aliphatic heterocycles. The van der Waals surface area contributed by atoms with Crippen molar-refractivity contribution < 1.29 is 19.4 Å². The molecule has 1 rings (SSSR count). The molecule has 5 nitrogen and oxygen atoms in total. The molecule has 0 aromatic heterocycles. The average molecular weight is 279 g/mol. The van der Waals surface area contributed by atoms with Crippen LogP contribution in [0.3, 0.4) is 0 Å². The standard InChI is InChI=1S/C15H21NO4/c1-4-5-13(15(18)19)16-14(17)9-20-12-7-10(2)6-11(3)8-12/h6-8,13H,4-5,9H2,1-3H3,(H,16,17)(H,18,19)/t13-/m0/s1. The average Bonchev–Trinajstić information content (AvgIpc) is 2.34. The molecule has 2 N–H and O–H groups in total. The summed E-state index contributed by atoms with van der Waals surface area (Å²) in [4.78, 5) is 22.6. The van der Waals surface area contributed by atoms with Crippen LogP contribution in [0, 0.1) is 13.8 Å². The van der Waals surface area contributed by atoms with Gasteiger partial charge in [-0.05, 0) is 43.5 Å². The lowest BCUT2D eigenvalue weighted by Gasteiger charge is -2.14. The Bertz CT molecular complexity index is 465. The van der Waals surface area contributed by atoms with Crippen LogP contribution in [0.5, 0.6) is 5.75 Å². The summed E-state index contributed by atoms with van der Waals surface area (Å²) in [6.45, 7) is 5.58. The highest BCUT2D eigenvalue weighted by Crippen LogP contribution is 2.15. The maximum Gasteiger partial charge on any atom is 0.326 e. The van der Waals surface area contributed by atoms with E-state index in [0.29, 0.717) is 18.6 Å². The number of hydrogen-bond acceptors (Lipinski definition) is 3. The number of hydrogen-bond donors (Lipinski definition) is 2. The first-order valence-electron chi connectivity index (χ1n) is 6.65. The Morgan fingerprint density at radius 2 is 1.85 bits per heavy atom. The molecule has 0 radical (unpaired) electrons. The highest BCUT2D eigenvalue weighted by atomic mass is 16.5. The summed E-state index contributed by atoms with van der Waals surface area (Å²) >= 11 is 0. The summed E-state index contributed by atoms with van der Waals surface area (Å²) in [6, 6.07) is 4.83. The van der Waals surface area contributed by atoms with E-state index in [-0.39, 0.29) is 6.61 Å². The van der Waals surface area contributed by atoms with Gasteiger partial charge in [0.2, 0.25) is 0 Å². The fourth-order valence-corrected chi connectivity index (χ4v) is 1.95. The molecule has 0 saturated carbocycles. The van der Waals surface area contributed by atoms with Crippen LogP contribution >= 0.6 is 0 Å². The second-order valence-corrected chi connectivity index (χ2v) is 4.86. The van der Waals surface area contributed by atoms with Gasteiger partial charge < -0.3 is 15.2 Å². The van der Waals surface area contributed by atoms with E-state index < -0.39 is 17.9 Å². The Morgan fingerprint density at radius 1 is 1.25 bits per heavy atom. The van der Waals surface area contributed by atoms with Crippen molar-refractivity contribution in [3.8, 4) is 5.75 Å². The first-order valence-corrected chi connectivity index (χ1v) is 6.65. The highest BCUT2D eigenvalue weighted by Gasteiger charge is 2.18. The molecular formula is C15H21NO4. The molecule has 0 aliphatic carbocycles. The van der Waals surface area contributed by atoms with Crippen molar-refractivity contribution in [3.63, 3.8) is 0 Å². The summed E-state index contributed by atoms with van der Waals surface area (Å²) < 4.78 is 5.38. The van der Waals surface area contributed by atoms with Crippen LogP contribution in [0.2, 0.25) is 0 Å². The summed E-state index contributed by atoms with van der Waals surface area (Å²) in [5.74, 6) is -0.836. The predicted molar refractivity (Wildman–Crippen MR) is 75.9 cm³/mol. The SMILES string of the molecule is CCC[C@H](NC(=O)COc1cc(C)cc(C)c1)C(=O)O. The molecular weight excluding hydrogens is 258 g/mol. The molecule has 1 amide bonds. The van der Waals surface area contributed by atoms with Crippen molar-refractivity contribution >= 4 is 11.9 Å². The number of rotatable bonds is 7. The monoisotopic (exact) mass is 279 g/mol. The van der Waals surface area contributed by atoms with Crippen LogP contribution < -0.4 is 10.1 Å². The molecule has 1 aromatic carbocycles. The van der Waals surface area contributed by atoms with Gasteiger partial charge in [0.05, 0.1) is 0 Å². The minimum absolute atomic E-state index is 0.184. The Labute approximate surface area is 118 Å². The van der Waals surface area contributed by atoms with E-state index in [0.717, 1.165) is 11.1 Å². The number of ether oxygens (including phenoxy) is 1. The molecule has 0 heterocycles. The lowest BCUT2D eigenvalue weighted by Crippen LogP contribution is -2.42. The van der Waals surface area contributed by atoms with Crippen LogP contribution in [-0.2, 0) is 9.59 Å². The molecule has 0 fully saturated rings. The number of nitrogens with one attached hydrogen (secondary N) is 1. The molecule has 0 bridgehead atoms. The third-order valence-corrected chi connectivity index (χ3v) is 2.78. The zero-order valence-electron chi connectivity index (χ0n) is 12.1. The van der Waals surface area contributed by atoms with E-state index in [1.165, 1.54) is 0 Å². The zero-order valence-corrected chi connectivity index (χ0v) is 12.1. The first-order chi connectivity index (χ1) is 9.42. The van der Waals surface area contributed by atoms with Crippen LogP contribution in [0.25, 0.3) is 0 Å². The van der Waals surface area contributed by atoms with Crippen LogP contribution in [0.1, 0.15) is 30.9 Å². The van der Waals surface area contributed by atoms with Crippen LogP contribution in [-0.4, -0.2) is 29.6 Å².